The van der Waals surface area contributed by atoms with Crippen molar-refractivity contribution in [3.8, 4) is 5.75 Å². The molecule has 0 saturated heterocycles. The van der Waals surface area contributed by atoms with E-state index in [9.17, 15) is 18.0 Å². The van der Waals surface area contributed by atoms with Crippen LogP contribution in [0.5, 0.6) is 5.75 Å². The number of nitrogens with one attached hydrogen (secondary N) is 1. The van der Waals surface area contributed by atoms with Gasteiger partial charge in [-0.25, -0.2) is 5.01 Å². The van der Waals surface area contributed by atoms with Crippen molar-refractivity contribution < 1.29 is 22.7 Å². The molecule has 1 heterocycles. The third-order valence-corrected chi connectivity index (χ3v) is 3.90. The van der Waals surface area contributed by atoms with E-state index in [-0.39, 0.29) is 17.6 Å². The van der Waals surface area contributed by atoms with E-state index in [2.05, 4.69) is 10.4 Å². The van der Waals surface area contributed by atoms with E-state index >= 15 is 0 Å². The molecule has 1 aliphatic carbocycles. The quantitative estimate of drug-likeness (QED) is 0.918. The van der Waals surface area contributed by atoms with Gasteiger partial charge in [-0.1, -0.05) is 13.0 Å². The van der Waals surface area contributed by atoms with E-state index in [4.69, 9.17) is 4.74 Å². The monoisotopic (exact) mass is 339 g/mol. The highest BCUT2D eigenvalue weighted by atomic mass is 19.4. The molecule has 3 rings (SSSR count). The molecule has 1 N–H and O–H groups in total. The number of carbonyl (C=O) groups is 1. The van der Waals surface area contributed by atoms with Gasteiger partial charge in [-0.05, 0) is 30.5 Å². The molecule has 1 aliphatic heterocycles. The maximum absolute atomic E-state index is 12.8. The molecule has 0 radical (unpaired) electrons. The van der Waals surface area contributed by atoms with Gasteiger partial charge in [0, 0.05) is 18.3 Å². The fraction of sp³-hybridized carbons (Fsp3) is 0.375. The van der Waals surface area contributed by atoms with Gasteiger partial charge in [-0.2, -0.15) is 13.2 Å². The summed E-state index contributed by atoms with van der Waals surface area (Å²) in [6, 6.07) is 4.57. The minimum absolute atomic E-state index is 0.0357. The summed E-state index contributed by atoms with van der Waals surface area (Å²) in [7, 11) is 0. The molecule has 5 nitrogen and oxygen atoms in total. The number of benzene rings is 1. The lowest BCUT2D eigenvalue weighted by atomic mass is 10.2. The number of amides is 1. The van der Waals surface area contributed by atoms with Crippen LogP contribution in [0.3, 0.4) is 0 Å². The summed E-state index contributed by atoms with van der Waals surface area (Å²) < 4.78 is 43.8. The predicted octanol–water partition coefficient (Wildman–Crippen LogP) is 2.96. The van der Waals surface area contributed by atoms with Gasteiger partial charge < -0.3 is 4.74 Å². The van der Waals surface area contributed by atoms with Crippen molar-refractivity contribution in [3.63, 3.8) is 0 Å². The van der Waals surface area contributed by atoms with Crippen LogP contribution in [0.4, 0.5) is 13.2 Å². The smallest absolute Gasteiger partial charge is 0.416 e. The molecule has 3 atom stereocenters. The normalized spacial score (nSPS) is 25.5. The number of hydrogen-bond donors (Lipinski definition) is 1. The van der Waals surface area contributed by atoms with Crippen LogP contribution in [0.15, 0.2) is 41.7 Å². The van der Waals surface area contributed by atoms with E-state index in [0.29, 0.717) is 5.92 Å². The second kappa shape index (κ2) is 6.18. The van der Waals surface area contributed by atoms with Gasteiger partial charge in [-0.15, -0.1) is 0 Å². The molecule has 1 saturated carbocycles. The Morgan fingerprint density at radius 3 is 2.83 bits per heavy atom. The molecular weight excluding hydrogens is 323 g/mol. The summed E-state index contributed by atoms with van der Waals surface area (Å²) in [5.74, 6) is 0.206. The zero-order valence-corrected chi connectivity index (χ0v) is 12.8. The summed E-state index contributed by atoms with van der Waals surface area (Å²) in [6.45, 7) is 1.98. The van der Waals surface area contributed by atoms with Crippen molar-refractivity contribution in [1.29, 1.82) is 0 Å². The molecular formula is C16H16F3N3O2. The molecule has 24 heavy (non-hydrogen) atoms. The Balaban J connectivity index is 1.69. The van der Waals surface area contributed by atoms with Crippen LogP contribution in [0.25, 0.3) is 0 Å². The van der Waals surface area contributed by atoms with Crippen LogP contribution in [0.1, 0.15) is 18.9 Å². The number of hydrogen-bond acceptors (Lipinski definition) is 4. The van der Waals surface area contributed by atoms with Crippen LogP contribution >= 0.6 is 0 Å². The molecule has 2 aliphatic rings. The average molecular weight is 339 g/mol. The largest absolute Gasteiger partial charge is 0.464 e. The van der Waals surface area contributed by atoms with Crippen molar-refractivity contribution in [2.45, 2.75) is 25.7 Å². The zero-order chi connectivity index (χ0) is 17.3. The second-order valence-electron chi connectivity index (χ2n) is 5.83. The third kappa shape index (κ3) is 3.69. The van der Waals surface area contributed by atoms with Crippen LogP contribution < -0.4 is 10.2 Å². The molecule has 0 aromatic heterocycles. The molecule has 0 bridgehead atoms. The van der Waals surface area contributed by atoms with Crippen molar-refractivity contribution >= 4 is 12.1 Å². The van der Waals surface area contributed by atoms with Crippen molar-refractivity contribution in [1.82, 2.24) is 10.4 Å². The van der Waals surface area contributed by atoms with Gasteiger partial charge in [0.1, 0.15) is 5.75 Å². The van der Waals surface area contributed by atoms with Crippen molar-refractivity contribution in [3.05, 3.63) is 42.2 Å². The summed E-state index contributed by atoms with van der Waals surface area (Å²) in [4.78, 5) is 15.9. The van der Waals surface area contributed by atoms with E-state index in [0.717, 1.165) is 18.6 Å². The number of ether oxygens (including phenoxy) is 1. The SMILES string of the molecule is CC1CC1C(=O)NN1C=CN=CC1Oc1cccc(C(F)(F)F)c1. The first-order valence-corrected chi connectivity index (χ1v) is 7.47. The van der Waals surface area contributed by atoms with E-state index < -0.39 is 18.0 Å². The Kier molecular flexibility index (Phi) is 4.21. The van der Waals surface area contributed by atoms with Gasteiger partial charge in [-0.3, -0.25) is 15.2 Å². The maximum Gasteiger partial charge on any atom is 0.416 e. The number of halogens is 3. The highest BCUT2D eigenvalue weighted by Gasteiger charge is 2.40. The Morgan fingerprint density at radius 2 is 2.17 bits per heavy atom. The first-order valence-electron chi connectivity index (χ1n) is 7.47. The topological polar surface area (TPSA) is 53.9 Å². The number of alkyl halides is 3. The fourth-order valence-corrected chi connectivity index (χ4v) is 2.36. The third-order valence-electron chi connectivity index (χ3n) is 3.90. The van der Waals surface area contributed by atoms with Gasteiger partial charge >= 0.3 is 6.18 Å². The molecule has 1 aromatic carbocycles. The maximum atomic E-state index is 12.8. The number of nitrogens with zero attached hydrogens (tertiary/aromatic N) is 2. The van der Waals surface area contributed by atoms with Crippen LogP contribution in [-0.4, -0.2) is 23.4 Å². The Hall–Kier alpha value is -2.51. The first-order chi connectivity index (χ1) is 11.3. The summed E-state index contributed by atoms with van der Waals surface area (Å²) in [5.41, 5.74) is 1.90. The zero-order valence-electron chi connectivity index (χ0n) is 12.8. The Labute approximate surface area is 136 Å². The van der Waals surface area contributed by atoms with Crippen molar-refractivity contribution in [2.24, 2.45) is 16.8 Å². The number of aliphatic imine (C=N–C) groups is 1. The minimum Gasteiger partial charge on any atom is -0.464 e. The van der Waals surface area contributed by atoms with E-state index in [1.54, 1.807) is 0 Å². The molecule has 1 aromatic rings. The summed E-state index contributed by atoms with van der Waals surface area (Å²) in [6.07, 6.45) is -0.0774. The molecule has 3 unspecified atom stereocenters. The molecule has 128 valence electrons. The summed E-state index contributed by atoms with van der Waals surface area (Å²) in [5, 5.41) is 1.39. The lowest BCUT2D eigenvalue weighted by molar-refractivity contribution is -0.137. The van der Waals surface area contributed by atoms with E-state index in [1.807, 2.05) is 6.92 Å². The number of hydrazine groups is 1. The van der Waals surface area contributed by atoms with Crippen LogP contribution in [-0.2, 0) is 11.0 Å². The number of rotatable bonds is 4. The highest BCUT2D eigenvalue weighted by Crippen LogP contribution is 2.37. The van der Waals surface area contributed by atoms with Gasteiger partial charge in [0.15, 0.2) is 0 Å². The molecule has 1 amide bonds. The lowest BCUT2D eigenvalue weighted by Crippen LogP contribution is -2.50. The minimum atomic E-state index is -4.45. The van der Waals surface area contributed by atoms with Crippen LogP contribution in [0, 0.1) is 11.8 Å². The van der Waals surface area contributed by atoms with Gasteiger partial charge in [0.05, 0.1) is 11.8 Å². The van der Waals surface area contributed by atoms with Crippen molar-refractivity contribution in [2.75, 3.05) is 0 Å². The standard InChI is InChI=1S/C16H16F3N3O2/c1-10-7-13(10)15(23)21-22-6-5-20-9-14(22)24-12-4-2-3-11(8-12)16(17,18)19/h2-6,8-10,13-14H,7H2,1H3,(H,21,23). The Morgan fingerprint density at radius 1 is 1.42 bits per heavy atom. The summed E-state index contributed by atoms with van der Waals surface area (Å²) >= 11 is 0. The molecule has 0 spiro atoms. The molecule has 8 heteroatoms. The predicted molar refractivity (Wildman–Crippen MR) is 80.7 cm³/mol. The molecule has 1 fully saturated rings. The second-order valence-corrected chi connectivity index (χ2v) is 5.83. The average Bonchev–Trinajstić information content (AvgIpc) is 3.26. The van der Waals surface area contributed by atoms with Gasteiger partial charge in [0.2, 0.25) is 12.1 Å². The number of carbonyl (C=O) groups excluding carboxylic acids is 1. The lowest BCUT2D eigenvalue weighted by Gasteiger charge is -2.30. The van der Waals surface area contributed by atoms with Crippen LogP contribution in [0.2, 0.25) is 0 Å². The van der Waals surface area contributed by atoms with E-state index in [1.165, 1.54) is 35.8 Å². The van der Waals surface area contributed by atoms with Gasteiger partial charge in [0.25, 0.3) is 0 Å². The first kappa shape index (κ1) is 16.4. The Bertz CT molecular complexity index is 687. The fourth-order valence-electron chi connectivity index (χ4n) is 2.36. The highest BCUT2D eigenvalue weighted by molar-refractivity contribution is 5.81.